The van der Waals surface area contributed by atoms with E-state index in [0.29, 0.717) is 25.0 Å². The summed E-state index contributed by atoms with van der Waals surface area (Å²) in [7, 11) is 0. The molecule has 1 aromatic carbocycles. The number of rotatable bonds is 11. The minimum atomic E-state index is -2.82. The molecule has 0 aromatic heterocycles. The van der Waals surface area contributed by atoms with Crippen molar-refractivity contribution in [3.05, 3.63) is 24.3 Å². The van der Waals surface area contributed by atoms with Gasteiger partial charge in [-0.1, -0.05) is 13.8 Å². The number of hydrogen-bond acceptors (Lipinski definition) is 5. The second-order valence-electron chi connectivity index (χ2n) is 8.11. The van der Waals surface area contributed by atoms with Crippen molar-refractivity contribution in [1.82, 2.24) is 10.6 Å². The van der Waals surface area contributed by atoms with E-state index in [9.17, 15) is 13.9 Å². The third-order valence-electron chi connectivity index (χ3n) is 4.76. The summed E-state index contributed by atoms with van der Waals surface area (Å²) in [6, 6.07) is 6.90. The molecule has 1 aliphatic rings. The highest BCUT2D eigenvalue weighted by Gasteiger charge is 2.21. The summed E-state index contributed by atoms with van der Waals surface area (Å²) in [5, 5.41) is 16.8. The molecule has 0 radical (unpaired) electrons. The molecule has 1 saturated heterocycles. The second-order valence-corrected chi connectivity index (χ2v) is 8.11. The van der Waals surface area contributed by atoms with Gasteiger partial charge in [-0.3, -0.25) is 4.99 Å². The van der Waals surface area contributed by atoms with E-state index < -0.39 is 12.7 Å². The largest absolute Gasteiger partial charge is 0.435 e. The Labute approximate surface area is 183 Å². The molecule has 1 aromatic rings. The Hall–Kier alpha value is -2.13. The predicted octanol–water partition coefficient (Wildman–Crippen LogP) is 2.85. The van der Waals surface area contributed by atoms with Gasteiger partial charge in [0.15, 0.2) is 5.96 Å². The molecule has 3 N–H and O–H groups in total. The van der Waals surface area contributed by atoms with Crippen molar-refractivity contribution in [1.29, 1.82) is 0 Å². The van der Waals surface area contributed by atoms with Crippen LogP contribution in [0.15, 0.2) is 29.3 Å². The number of halogens is 2. The standard InChI is InChI=1S/C22H36F2N4O3/c1-4-25-22(26-12-19(29)15-30-14-16(2)3)27-17-6-5-11-28(13-17)18-7-9-20(10-8-18)31-21(23)24/h7-10,16-17,19,21,29H,4-6,11-15H2,1-3H3,(H2,25,26,27). The first kappa shape index (κ1) is 25.1. The quantitative estimate of drug-likeness (QED) is 0.361. The Bertz CT molecular complexity index is 659. The molecule has 0 aliphatic carbocycles. The molecule has 1 fully saturated rings. The van der Waals surface area contributed by atoms with Crippen LogP contribution in [0.5, 0.6) is 5.75 Å². The van der Waals surface area contributed by atoms with Gasteiger partial charge in [-0.15, -0.1) is 0 Å². The van der Waals surface area contributed by atoms with E-state index in [1.165, 1.54) is 0 Å². The molecule has 2 atom stereocenters. The van der Waals surface area contributed by atoms with Crippen molar-refractivity contribution < 1.29 is 23.4 Å². The average molecular weight is 443 g/mol. The monoisotopic (exact) mass is 442 g/mol. The van der Waals surface area contributed by atoms with Gasteiger partial charge in [-0.25, -0.2) is 0 Å². The van der Waals surface area contributed by atoms with Crippen molar-refractivity contribution in [2.24, 2.45) is 10.9 Å². The average Bonchev–Trinajstić information content (AvgIpc) is 2.72. The van der Waals surface area contributed by atoms with Gasteiger partial charge >= 0.3 is 6.61 Å². The number of hydrogen-bond donors (Lipinski definition) is 3. The molecule has 1 heterocycles. The van der Waals surface area contributed by atoms with E-state index >= 15 is 0 Å². The lowest BCUT2D eigenvalue weighted by Gasteiger charge is -2.35. The first-order chi connectivity index (χ1) is 14.9. The van der Waals surface area contributed by atoms with E-state index in [0.717, 1.165) is 31.6 Å². The summed E-state index contributed by atoms with van der Waals surface area (Å²) in [5.41, 5.74) is 0.966. The maximum Gasteiger partial charge on any atom is 0.387 e. The van der Waals surface area contributed by atoms with Crippen molar-refractivity contribution in [3.8, 4) is 5.75 Å². The number of anilines is 1. The zero-order valence-corrected chi connectivity index (χ0v) is 18.7. The number of guanidine groups is 1. The van der Waals surface area contributed by atoms with Crippen LogP contribution in [0.2, 0.25) is 0 Å². The van der Waals surface area contributed by atoms with E-state index in [1.54, 1.807) is 24.3 Å². The lowest BCUT2D eigenvalue weighted by atomic mass is 10.0. The molecule has 0 amide bonds. The fourth-order valence-electron chi connectivity index (χ4n) is 3.37. The zero-order chi connectivity index (χ0) is 22.6. The molecule has 0 spiro atoms. The molecule has 7 nitrogen and oxygen atoms in total. The number of aliphatic imine (C=N–C) groups is 1. The SMILES string of the molecule is CCNC(=NCC(O)COCC(C)C)NC1CCCN(c2ccc(OC(F)F)cc2)C1. The van der Waals surface area contributed by atoms with Crippen LogP contribution in [0.1, 0.15) is 33.6 Å². The molecule has 176 valence electrons. The molecule has 1 aliphatic heterocycles. The number of nitrogens with one attached hydrogen (secondary N) is 2. The Morgan fingerprint density at radius 2 is 2.00 bits per heavy atom. The van der Waals surface area contributed by atoms with Crippen molar-refractivity contribution in [2.75, 3.05) is 44.3 Å². The Balaban J connectivity index is 1.88. The summed E-state index contributed by atoms with van der Waals surface area (Å²) >= 11 is 0. The first-order valence-corrected chi connectivity index (χ1v) is 11.0. The van der Waals surface area contributed by atoms with Gasteiger partial charge in [0.2, 0.25) is 0 Å². The fourth-order valence-corrected chi connectivity index (χ4v) is 3.37. The smallest absolute Gasteiger partial charge is 0.387 e. The normalized spacial score (nSPS) is 18.4. The Morgan fingerprint density at radius 1 is 1.26 bits per heavy atom. The maximum atomic E-state index is 12.3. The minimum absolute atomic E-state index is 0.155. The molecule has 0 saturated carbocycles. The van der Waals surface area contributed by atoms with Gasteiger partial charge in [0.05, 0.1) is 19.3 Å². The molecule has 2 rings (SSSR count). The molecule has 2 unspecified atom stereocenters. The lowest BCUT2D eigenvalue weighted by molar-refractivity contribution is -0.0498. The minimum Gasteiger partial charge on any atom is -0.435 e. The van der Waals surface area contributed by atoms with Crippen LogP contribution in [-0.2, 0) is 4.74 Å². The number of aliphatic hydroxyl groups is 1. The van der Waals surface area contributed by atoms with Crippen molar-refractivity contribution in [2.45, 2.75) is 52.4 Å². The molecule has 0 bridgehead atoms. The van der Waals surface area contributed by atoms with E-state index in [-0.39, 0.29) is 24.9 Å². The number of alkyl halides is 2. The Kier molecular flexibility index (Phi) is 10.8. The van der Waals surface area contributed by atoms with Gasteiger partial charge in [0.1, 0.15) is 5.75 Å². The van der Waals surface area contributed by atoms with Gasteiger partial charge in [-0.05, 0) is 49.9 Å². The van der Waals surface area contributed by atoms with Crippen molar-refractivity contribution in [3.63, 3.8) is 0 Å². The second kappa shape index (κ2) is 13.3. The van der Waals surface area contributed by atoms with E-state index in [1.807, 2.05) is 6.92 Å². The van der Waals surface area contributed by atoms with Crippen LogP contribution >= 0.6 is 0 Å². The van der Waals surface area contributed by atoms with Gasteiger partial charge in [-0.2, -0.15) is 8.78 Å². The summed E-state index contributed by atoms with van der Waals surface area (Å²) in [6.07, 6.45) is 1.34. The maximum absolute atomic E-state index is 12.3. The highest BCUT2D eigenvalue weighted by molar-refractivity contribution is 5.80. The topological polar surface area (TPSA) is 78.4 Å². The fraction of sp³-hybridized carbons (Fsp3) is 0.682. The summed E-state index contributed by atoms with van der Waals surface area (Å²) in [6.45, 7) is 6.83. The van der Waals surface area contributed by atoms with E-state index in [2.05, 4.69) is 39.1 Å². The van der Waals surface area contributed by atoms with Crippen LogP contribution < -0.4 is 20.3 Å². The van der Waals surface area contributed by atoms with Gasteiger partial charge in [0, 0.05) is 38.0 Å². The summed E-state index contributed by atoms with van der Waals surface area (Å²) in [4.78, 5) is 6.71. The number of aliphatic hydroxyl groups excluding tert-OH is 1. The third kappa shape index (κ3) is 9.69. The Morgan fingerprint density at radius 3 is 2.65 bits per heavy atom. The van der Waals surface area contributed by atoms with Crippen LogP contribution in [0, 0.1) is 5.92 Å². The molecular formula is C22H36F2N4O3. The van der Waals surface area contributed by atoms with Crippen LogP contribution in [0.3, 0.4) is 0 Å². The number of ether oxygens (including phenoxy) is 2. The van der Waals surface area contributed by atoms with E-state index in [4.69, 9.17) is 4.74 Å². The third-order valence-corrected chi connectivity index (χ3v) is 4.76. The van der Waals surface area contributed by atoms with Gasteiger partial charge in [0.25, 0.3) is 0 Å². The lowest BCUT2D eigenvalue weighted by Crippen LogP contribution is -2.51. The number of benzene rings is 1. The number of nitrogens with zero attached hydrogens (tertiary/aromatic N) is 2. The van der Waals surface area contributed by atoms with Gasteiger partial charge < -0.3 is 30.1 Å². The predicted molar refractivity (Wildman–Crippen MR) is 119 cm³/mol. The number of piperidine rings is 1. The van der Waals surface area contributed by atoms with Crippen LogP contribution in [-0.4, -0.2) is 69.2 Å². The molecule has 31 heavy (non-hydrogen) atoms. The summed E-state index contributed by atoms with van der Waals surface area (Å²) < 4.78 is 34.6. The highest BCUT2D eigenvalue weighted by Crippen LogP contribution is 2.23. The molecule has 9 heteroatoms. The van der Waals surface area contributed by atoms with Crippen LogP contribution in [0.25, 0.3) is 0 Å². The van der Waals surface area contributed by atoms with Crippen LogP contribution in [0.4, 0.5) is 14.5 Å². The van der Waals surface area contributed by atoms with Crippen molar-refractivity contribution >= 4 is 11.6 Å². The molecular weight excluding hydrogens is 406 g/mol. The highest BCUT2D eigenvalue weighted by atomic mass is 19.3. The zero-order valence-electron chi connectivity index (χ0n) is 18.7. The first-order valence-electron chi connectivity index (χ1n) is 11.0. The summed E-state index contributed by atoms with van der Waals surface area (Å²) in [5.74, 6) is 1.25.